The number of rotatable bonds is 3. The third-order valence-electron chi connectivity index (χ3n) is 2.09. The summed E-state index contributed by atoms with van der Waals surface area (Å²) in [6.07, 6.45) is -4.66. The van der Waals surface area contributed by atoms with Crippen molar-refractivity contribution in [1.82, 2.24) is 0 Å². The average molecular weight is 252 g/mol. The van der Waals surface area contributed by atoms with Crippen molar-refractivity contribution in [3.05, 3.63) is 54.6 Å². The number of ether oxygens (including phenoxy) is 1. The molecule has 0 unspecified atom stereocenters. The minimum Gasteiger partial charge on any atom is -0.406 e. The Kier molecular flexibility index (Phi) is 3.41. The maximum Gasteiger partial charge on any atom is 0.573 e. The summed E-state index contributed by atoms with van der Waals surface area (Å²) in [5, 5.41) is 3.04. The minimum atomic E-state index is -4.66. The second kappa shape index (κ2) is 5.00. The summed E-state index contributed by atoms with van der Waals surface area (Å²) in [6.45, 7) is 0. The van der Waals surface area contributed by atoms with E-state index in [9.17, 15) is 13.2 Å². The van der Waals surface area contributed by atoms with Gasteiger partial charge in [0.15, 0.2) is 0 Å². The minimum absolute atomic E-state index is 0.241. The lowest BCUT2D eigenvalue weighted by Crippen LogP contribution is -2.16. The van der Waals surface area contributed by atoms with Gasteiger partial charge in [-0.3, -0.25) is 0 Å². The standard InChI is InChI=1S/C13H9F3NO/c14-13(15,16)18-12-8-6-11(7-9-12)17-10-4-2-1-3-5-10/h2-9,17H. The zero-order valence-corrected chi connectivity index (χ0v) is 9.16. The molecule has 1 N–H and O–H groups in total. The second-order valence-corrected chi connectivity index (χ2v) is 3.49. The van der Waals surface area contributed by atoms with Crippen LogP contribution in [0.1, 0.15) is 0 Å². The van der Waals surface area contributed by atoms with Crippen LogP contribution in [0.3, 0.4) is 0 Å². The van der Waals surface area contributed by atoms with E-state index < -0.39 is 6.36 Å². The molecule has 2 rings (SSSR count). The Morgan fingerprint density at radius 2 is 1.44 bits per heavy atom. The Bertz CT molecular complexity index is 494. The van der Waals surface area contributed by atoms with Crippen LogP contribution in [0.2, 0.25) is 0 Å². The Morgan fingerprint density at radius 3 is 2.00 bits per heavy atom. The van der Waals surface area contributed by atoms with Gasteiger partial charge in [0.05, 0.1) is 0 Å². The van der Waals surface area contributed by atoms with Gasteiger partial charge in [-0.25, -0.2) is 0 Å². The molecule has 0 fully saturated rings. The van der Waals surface area contributed by atoms with Crippen molar-refractivity contribution in [3.8, 4) is 5.75 Å². The van der Waals surface area contributed by atoms with Crippen molar-refractivity contribution >= 4 is 11.4 Å². The first-order chi connectivity index (χ1) is 8.53. The Hall–Kier alpha value is -2.17. The van der Waals surface area contributed by atoms with Gasteiger partial charge in [0.1, 0.15) is 5.75 Å². The highest BCUT2D eigenvalue weighted by atomic mass is 19.4. The number of nitrogens with one attached hydrogen (secondary N) is 1. The van der Waals surface area contributed by atoms with Gasteiger partial charge in [0, 0.05) is 11.4 Å². The van der Waals surface area contributed by atoms with Crippen LogP contribution in [-0.4, -0.2) is 6.36 Å². The van der Waals surface area contributed by atoms with Crippen LogP contribution in [0.4, 0.5) is 24.5 Å². The molecule has 0 saturated heterocycles. The zero-order valence-electron chi connectivity index (χ0n) is 9.16. The molecule has 0 spiro atoms. The molecular weight excluding hydrogens is 243 g/mol. The van der Waals surface area contributed by atoms with Crippen molar-refractivity contribution in [2.75, 3.05) is 5.32 Å². The molecule has 2 aromatic carbocycles. The lowest BCUT2D eigenvalue weighted by molar-refractivity contribution is -0.274. The lowest BCUT2D eigenvalue weighted by Gasteiger charge is -2.10. The summed E-state index contributed by atoms with van der Waals surface area (Å²) < 4.78 is 39.6. The second-order valence-electron chi connectivity index (χ2n) is 3.49. The van der Waals surface area contributed by atoms with Crippen LogP contribution >= 0.6 is 0 Å². The molecule has 2 aromatic rings. The summed E-state index contributed by atoms with van der Waals surface area (Å²) in [6, 6.07) is 15.5. The van der Waals surface area contributed by atoms with E-state index >= 15 is 0 Å². The first-order valence-electron chi connectivity index (χ1n) is 5.12. The largest absolute Gasteiger partial charge is 0.573 e. The van der Waals surface area contributed by atoms with Crippen LogP contribution < -0.4 is 10.1 Å². The number of halogens is 3. The van der Waals surface area contributed by atoms with Crippen LogP contribution in [0.15, 0.2) is 48.5 Å². The predicted octanol–water partition coefficient (Wildman–Crippen LogP) is 4.13. The fraction of sp³-hybridized carbons (Fsp3) is 0.0769. The van der Waals surface area contributed by atoms with Crippen molar-refractivity contribution in [3.63, 3.8) is 0 Å². The quantitative estimate of drug-likeness (QED) is 0.886. The molecule has 0 heterocycles. The van der Waals surface area contributed by atoms with Gasteiger partial charge in [-0.1, -0.05) is 12.1 Å². The average Bonchev–Trinajstić information content (AvgIpc) is 2.31. The van der Waals surface area contributed by atoms with Crippen LogP contribution in [0.5, 0.6) is 5.75 Å². The molecule has 0 aliphatic heterocycles. The fourth-order valence-corrected chi connectivity index (χ4v) is 1.38. The predicted molar refractivity (Wildman–Crippen MR) is 61.7 cm³/mol. The Balaban J connectivity index is 2.04. The molecule has 0 bridgehead atoms. The molecule has 93 valence electrons. The van der Waals surface area contributed by atoms with Crippen molar-refractivity contribution in [1.29, 1.82) is 0 Å². The van der Waals surface area contributed by atoms with Gasteiger partial charge in [0.2, 0.25) is 0 Å². The Labute approximate surface area is 102 Å². The van der Waals surface area contributed by atoms with Crippen molar-refractivity contribution < 1.29 is 17.9 Å². The van der Waals surface area contributed by atoms with Gasteiger partial charge in [0.25, 0.3) is 0 Å². The van der Waals surface area contributed by atoms with Crippen LogP contribution in [-0.2, 0) is 0 Å². The molecule has 0 aromatic heterocycles. The number of hydrogen-bond acceptors (Lipinski definition) is 2. The third kappa shape index (κ3) is 3.69. The highest BCUT2D eigenvalue weighted by Crippen LogP contribution is 2.25. The smallest absolute Gasteiger partial charge is 0.406 e. The first-order valence-corrected chi connectivity index (χ1v) is 5.12. The highest BCUT2D eigenvalue weighted by molar-refractivity contribution is 5.59. The molecule has 2 nitrogen and oxygen atoms in total. The number of anilines is 2. The molecule has 0 aliphatic carbocycles. The summed E-state index contributed by atoms with van der Waals surface area (Å²) in [4.78, 5) is 0. The van der Waals surface area contributed by atoms with Gasteiger partial charge in [-0.2, -0.15) is 0 Å². The monoisotopic (exact) mass is 252 g/mol. The van der Waals surface area contributed by atoms with E-state index in [1.165, 1.54) is 24.3 Å². The van der Waals surface area contributed by atoms with E-state index in [-0.39, 0.29) is 5.75 Å². The molecule has 5 heteroatoms. The molecular formula is C13H9F3NO. The summed E-state index contributed by atoms with van der Waals surface area (Å²) in [5.41, 5.74) is 1.51. The summed E-state index contributed by atoms with van der Waals surface area (Å²) in [5.74, 6) is -0.241. The fourth-order valence-electron chi connectivity index (χ4n) is 1.38. The first kappa shape index (κ1) is 12.3. The molecule has 0 saturated carbocycles. The SMILES string of the molecule is FC(F)(F)Oc1ccc(Nc2cc[c]cc2)cc1. The molecule has 1 radical (unpaired) electrons. The van der Waals surface area contributed by atoms with Gasteiger partial charge >= 0.3 is 6.36 Å². The molecule has 0 aliphatic rings. The van der Waals surface area contributed by atoms with E-state index in [4.69, 9.17) is 0 Å². The number of hydrogen-bond donors (Lipinski definition) is 1. The van der Waals surface area contributed by atoms with Crippen LogP contribution in [0, 0.1) is 6.07 Å². The summed E-state index contributed by atoms with van der Waals surface area (Å²) >= 11 is 0. The van der Waals surface area contributed by atoms with Crippen molar-refractivity contribution in [2.24, 2.45) is 0 Å². The van der Waals surface area contributed by atoms with E-state index in [1.807, 2.05) is 0 Å². The molecule has 18 heavy (non-hydrogen) atoms. The van der Waals surface area contributed by atoms with Gasteiger partial charge < -0.3 is 10.1 Å². The molecule has 0 atom stereocenters. The van der Waals surface area contributed by atoms with E-state index in [0.717, 1.165) is 5.69 Å². The van der Waals surface area contributed by atoms with E-state index in [0.29, 0.717) is 5.69 Å². The normalized spacial score (nSPS) is 11.1. The number of benzene rings is 2. The van der Waals surface area contributed by atoms with E-state index in [2.05, 4.69) is 16.1 Å². The Morgan fingerprint density at radius 1 is 0.889 bits per heavy atom. The third-order valence-corrected chi connectivity index (χ3v) is 2.09. The van der Waals surface area contributed by atoms with Gasteiger partial charge in [-0.15, -0.1) is 13.2 Å². The van der Waals surface area contributed by atoms with Gasteiger partial charge in [-0.05, 0) is 42.5 Å². The topological polar surface area (TPSA) is 21.3 Å². The zero-order chi connectivity index (χ0) is 13.0. The maximum absolute atomic E-state index is 11.9. The lowest BCUT2D eigenvalue weighted by atomic mass is 10.2. The van der Waals surface area contributed by atoms with E-state index in [1.54, 1.807) is 24.3 Å². The number of alkyl halides is 3. The van der Waals surface area contributed by atoms with Crippen molar-refractivity contribution in [2.45, 2.75) is 6.36 Å². The summed E-state index contributed by atoms with van der Waals surface area (Å²) in [7, 11) is 0. The molecule has 0 amide bonds. The van der Waals surface area contributed by atoms with Crippen LogP contribution in [0.25, 0.3) is 0 Å². The highest BCUT2D eigenvalue weighted by Gasteiger charge is 2.30. The maximum atomic E-state index is 11.9.